The number of imide groups is 1. The van der Waals surface area contributed by atoms with Gasteiger partial charge in [0.15, 0.2) is 0 Å². The van der Waals surface area contributed by atoms with Crippen LogP contribution in [0.5, 0.6) is 0 Å². The van der Waals surface area contributed by atoms with E-state index in [9.17, 15) is 9.59 Å². The summed E-state index contributed by atoms with van der Waals surface area (Å²) >= 11 is 0. The smallest absolute Gasteiger partial charge is 0.314 e. The number of urea groups is 1. The zero-order chi connectivity index (χ0) is 12.7. The Hall–Kier alpha value is -1.84. The lowest BCUT2D eigenvalue weighted by atomic mass is 10.2. The Labute approximate surface area is 106 Å². The fourth-order valence-corrected chi connectivity index (χ4v) is 2.25. The second kappa shape index (κ2) is 4.12. The largest absolute Gasteiger partial charge is 0.331 e. The van der Waals surface area contributed by atoms with Crippen LogP contribution >= 0.6 is 0 Å². The van der Waals surface area contributed by atoms with Gasteiger partial charge >= 0.3 is 6.03 Å². The summed E-state index contributed by atoms with van der Waals surface area (Å²) in [5, 5.41) is 0. The van der Waals surface area contributed by atoms with Crippen molar-refractivity contribution in [1.82, 2.24) is 4.90 Å². The van der Waals surface area contributed by atoms with E-state index in [1.165, 1.54) is 17.7 Å². The van der Waals surface area contributed by atoms with Crippen molar-refractivity contribution in [3.63, 3.8) is 0 Å². The summed E-state index contributed by atoms with van der Waals surface area (Å²) in [6.07, 6.45) is 2.37. The van der Waals surface area contributed by atoms with Gasteiger partial charge in [0.2, 0.25) is 0 Å². The van der Waals surface area contributed by atoms with E-state index in [-0.39, 0.29) is 18.5 Å². The van der Waals surface area contributed by atoms with Crippen LogP contribution < -0.4 is 4.90 Å². The summed E-state index contributed by atoms with van der Waals surface area (Å²) in [6, 6.07) is 7.31. The van der Waals surface area contributed by atoms with Crippen molar-refractivity contribution in [3.8, 4) is 0 Å². The molecule has 2 aliphatic rings. The minimum Gasteiger partial charge on any atom is -0.314 e. The summed E-state index contributed by atoms with van der Waals surface area (Å²) in [5.41, 5.74) is 1.79. The van der Waals surface area contributed by atoms with Gasteiger partial charge in [0.05, 0.1) is 5.69 Å². The fraction of sp³-hybridized carbons (Fsp3) is 0.429. The van der Waals surface area contributed by atoms with Gasteiger partial charge < -0.3 is 4.90 Å². The van der Waals surface area contributed by atoms with Crippen molar-refractivity contribution < 1.29 is 9.59 Å². The van der Waals surface area contributed by atoms with Crippen molar-refractivity contribution in [2.75, 3.05) is 18.0 Å². The van der Waals surface area contributed by atoms with E-state index in [0.717, 1.165) is 12.1 Å². The number of carbonyl (C=O) groups is 2. The predicted octanol–water partition coefficient (Wildman–Crippen LogP) is 2.17. The molecular formula is C14H16N2O2. The molecule has 3 amide bonds. The third-order valence-electron chi connectivity index (χ3n) is 3.51. The fourth-order valence-electron chi connectivity index (χ4n) is 2.25. The Bertz CT molecular complexity index is 491. The lowest BCUT2D eigenvalue weighted by Crippen LogP contribution is -2.33. The molecule has 1 aromatic carbocycles. The third kappa shape index (κ3) is 1.98. The molecule has 18 heavy (non-hydrogen) atoms. The minimum absolute atomic E-state index is 0.121. The summed E-state index contributed by atoms with van der Waals surface area (Å²) in [4.78, 5) is 27.1. The molecule has 0 atom stereocenters. The van der Waals surface area contributed by atoms with Crippen molar-refractivity contribution in [2.45, 2.75) is 19.8 Å². The zero-order valence-corrected chi connectivity index (χ0v) is 10.4. The van der Waals surface area contributed by atoms with Gasteiger partial charge in [-0.05, 0) is 37.8 Å². The molecule has 1 saturated carbocycles. The third-order valence-corrected chi connectivity index (χ3v) is 3.51. The van der Waals surface area contributed by atoms with Crippen LogP contribution in [0, 0.1) is 12.8 Å². The molecule has 0 spiro atoms. The van der Waals surface area contributed by atoms with Gasteiger partial charge in [0.1, 0.15) is 6.54 Å². The molecule has 2 fully saturated rings. The van der Waals surface area contributed by atoms with Crippen LogP contribution in [0.4, 0.5) is 10.5 Å². The molecule has 0 aromatic heterocycles. The van der Waals surface area contributed by atoms with Crippen LogP contribution in [0.1, 0.15) is 18.4 Å². The van der Waals surface area contributed by atoms with E-state index in [2.05, 4.69) is 0 Å². The maximum Gasteiger partial charge on any atom is 0.331 e. The van der Waals surface area contributed by atoms with E-state index < -0.39 is 0 Å². The molecule has 1 saturated heterocycles. The maximum atomic E-state index is 12.2. The van der Waals surface area contributed by atoms with Crippen LogP contribution in [-0.2, 0) is 4.79 Å². The number of anilines is 1. The molecule has 94 valence electrons. The Morgan fingerprint density at radius 2 is 1.83 bits per heavy atom. The van der Waals surface area contributed by atoms with E-state index in [1.54, 1.807) is 4.90 Å². The molecule has 0 N–H and O–H groups in total. The van der Waals surface area contributed by atoms with Crippen molar-refractivity contribution >= 4 is 17.6 Å². The molecular weight excluding hydrogens is 228 g/mol. The van der Waals surface area contributed by atoms with Gasteiger partial charge in [-0.25, -0.2) is 9.69 Å². The highest BCUT2D eigenvalue weighted by atomic mass is 16.2. The average molecular weight is 244 g/mol. The quantitative estimate of drug-likeness (QED) is 0.765. The van der Waals surface area contributed by atoms with Crippen molar-refractivity contribution in [1.29, 1.82) is 0 Å². The minimum atomic E-state index is -0.171. The van der Waals surface area contributed by atoms with Crippen molar-refractivity contribution in [2.24, 2.45) is 5.92 Å². The van der Waals surface area contributed by atoms with Crippen LogP contribution in [0.15, 0.2) is 24.3 Å². The average Bonchev–Trinajstić information content (AvgIpc) is 3.10. The number of hydrogen-bond donors (Lipinski definition) is 0. The number of hydrogen-bond acceptors (Lipinski definition) is 2. The van der Waals surface area contributed by atoms with E-state index in [4.69, 9.17) is 0 Å². The van der Waals surface area contributed by atoms with Crippen molar-refractivity contribution in [3.05, 3.63) is 29.8 Å². The topological polar surface area (TPSA) is 40.6 Å². The molecule has 0 unspecified atom stereocenters. The normalized spacial score (nSPS) is 19.8. The number of benzene rings is 1. The second-order valence-electron chi connectivity index (χ2n) is 5.17. The summed E-state index contributed by atoms with van der Waals surface area (Å²) in [5.74, 6) is 0.490. The van der Waals surface area contributed by atoms with Crippen LogP contribution in [-0.4, -0.2) is 29.9 Å². The first-order chi connectivity index (χ1) is 8.65. The molecule has 1 heterocycles. The lowest BCUT2D eigenvalue weighted by molar-refractivity contribution is -0.116. The molecule has 3 rings (SSSR count). The molecule has 1 aliphatic carbocycles. The zero-order valence-electron chi connectivity index (χ0n) is 10.4. The highest BCUT2D eigenvalue weighted by molar-refractivity contribution is 6.19. The molecule has 0 bridgehead atoms. The Morgan fingerprint density at radius 1 is 1.17 bits per heavy atom. The van der Waals surface area contributed by atoms with Gasteiger partial charge in [-0.2, -0.15) is 0 Å². The van der Waals surface area contributed by atoms with E-state index in [1.807, 2.05) is 31.2 Å². The molecule has 4 heteroatoms. The monoisotopic (exact) mass is 244 g/mol. The van der Waals surface area contributed by atoms with E-state index in [0.29, 0.717) is 11.6 Å². The first-order valence-electron chi connectivity index (χ1n) is 6.33. The van der Waals surface area contributed by atoms with E-state index >= 15 is 0 Å². The Balaban J connectivity index is 1.80. The highest BCUT2D eigenvalue weighted by Gasteiger charge is 2.39. The Morgan fingerprint density at radius 3 is 2.44 bits per heavy atom. The maximum absolute atomic E-state index is 12.2. The number of aryl methyl sites for hydroxylation is 1. The highest BCUT2D eigenvalue weighted by Crippen LogP contribution is 2.31. The molecule has 4 nitrogen and oxygen atoms in total. The van der Waals surface area contributed by atoms with Gasteiger partial charge in [0.25, 0.3) is 5.91 Å². The van der Waals surface area contributed by atoms with Crippen LogP contribution in [0.25, 0.3) is 0 Å². The van der Waals surface area contributed by atoms with Gasteiger partial charge in [0, 0.05) is 6.54 Å². The second-order valence-corrected chi connectivity index (χ2v) is 5.17. The first-order valence-corrected chi connectivity index (χ1v) is 6.33. The number of amides is 3. The van der Waals surface area contributed by atoms with Gasteiger partial charge in [-0.3, -0.25) is 4.79 Å². The van der Waals surface area contributed by atoms with Crippen LogP contribution in [0.2, 0.25) is 0 Å². The van der Waals surface area contributed by atoms with Gasteiger partial charge in [-0.15, -0.1) is 0 Å². The number of rotatable bonds is 3. The molecule has 0 radical (unpaired) electrons. The molecule has 1 aliphatic heterocycles. The first kappa shape index (κ1) is 11.3. The van der Waals surface area contributed by atoms with Gasteiger partial charge in [-0.1, -0.05) is 17.7 Å². The number of carbonyl (C=O) groups excluding carboxylic acids is 2. The standard InChI is InChI=1S/C14H16N2O2/c1-10-2-6-12(7-3-10)16-13(17)9-15(14(16)18)8-11-4-5-11/h2-3,6-7,11H,4-5,8-9H2,1H3. The Kier molecular flexibility index (Phi) is 2.58. The molecule has 1 aromatic rings. The summed E-state index contributed by atoms with van der Waals surface area (Å²) in [7, 11) is 0. The predicted molar refractivity (Wildman–Crippen MR) is 68.4 cm³/mol. The lowest BCUT2D eigenvalue weighted by Gasteiger charge is -2.16. The summed E-state index contributed by atoms with van der Waals surface area (Å²) in [6.45, 7) is 2.94. The summed E-state index contributed by atoms with van der Waals surface area (Å²) < 4.78 is 0. The SMILES string of the molecule is Cc1ccc(N2C(=O)CN(CC3CC3)C2=O)cc1. The van der Waals surface area contributed by atoms with Crippen LogP contribution in [0.3, 0.4) is 0 Å². The number of nitrogens with zero attached hydrogens (tertiary/aromatic N) is 2.